The molecule has 130 valence electrons. The van der Waals surface area contributed by atoms with Crippen LogP contribution in [0.4, 0.5) is 4.79 Å². The van der Waals surface area contributed by atoms with Crippen LogP contribution in [0.5, 0.6) is 5.75 Å². The fourth-order valence-corrected chi connectivity index (χ4v) is 2.81. The number of rotatable bonds is 6. The molecule has 5 heteroatoms. The van der Waals surface area contributed by atoms with Crippen molar-refractivity contribution in [1.82, 2.24) is 10.2 Å². The number of nitrogens with one attached hydrogen (secondary N) is 1. The summed E-state index contributed by atoms with van der Waals surface area (Å²) in [6.07, 6.45) is 0.556. The number of para-hydroxylation sites is 1. The van der Waals surface area contributed by atoms with Gasteiger partial charge in [-0.05, 0) is 25.0 Å². The summed E-state index contributed by atoms with van der Waals surface area (Å²) < 4.78 is 5.91. The van der Waals surface area contributed by atoms with Gasteiger partial charge >= 0.3 is 6.03 Å². The zero-order valence-corrected chi connectivity index (χ0v) is 14.5. The van der Waals surface area contributed by atoms with E-state index in [1.165, 1.54) is 4.90 Å². The van der Waals surface area contributed by atoms with Crippen molar-refractivity contribution in [3.05, 3.63) is 65.7 Å². The van der Waals surface area contributed by atoms with Gasteiger partial charge < -0.3 is 10.1 Å². The van der Waals surface area contributed by atoms with E-state index < -0.39 is 5.54 Å². The Morgan fingerprint density at radius 2 is 1.72 bits per heavy atom. The van der Waals surface area contributed by atoms with E-state index in [2.05, 4.69) is 5.32 Å². The summed E-state index contributed by atoms with van der Waals surface area (Å²) in [6, 6.07) is 17.0. The summed E-state index contributed by atoms with van der Waals surface area (Å²) in [5.41, 5.74) is 1.05. The normalized spacial score (nSPS) is 19.8. The molecule has 3 amide bonds. The van der Waals surface area contributed by atoms with E-state index in [9.17, 15) is 9.59 Å². The molecule has 0 saturated carbocycles. The summed E-state index contributed by atoms with van der Waals surface area (Å²) in [6.45, 7) is 4.28. The zero-order valence-electron chi connectivity index (χ0n) is 14.5. The van der Waals surface area contributed by atoms with Gasteiger partial charge in [0.2, 0.25) is 0 Å². The lowest BCUT2D eigenvalue weighted by molar-refractivity contribution is -0.131. The van der Waals surface area contributed by atoms with Crippen molar-refractivity contribution in [3.63, 3.8) is 0 Å². The van der Waals surface area contributed by atoms with E-state index in [1.807, 2.05) is 61.5 Å². The smallest absolute Gasteiger partial charge is 0.325 e. The van der Waals surface area contributed by atoms with Gasteiger partial charge in [0.15, 0.2) is 0 Å². The maximum absolute atomic E-state index is 12.6. The maximum Gasteiger partial charge on any atom is 0.325 e. The zero-order chi connectivity index (χ0) is 17.9. The van der Waals surface area contributed by atoms with Gasteiger partial charge in [0, 0.05) is 5.56 Å². The quantitative estimate of drug-likeness (QED) is 0.820. The Morgan fingerprint density at radius 1 is 1.04 bits per heavy atom. The number of carbonyl (C=O) groups is 2. The van der Waals surface area contributed by atoms with Crippen molar-refractivity contribution in [2.24, 2.45) is 0 Å². The van der Waals surface area contributed by atoms with Crippen molar-refractivity contribution in [1.29, 1.82) is 0 Å². The van der Waals surface area contributed by atoms with E-state index in [4.69, 9.17) is 4.74 Å². The van der Waals surface area contributed by atoms with Crippen LogP contribution in [0.15, 0.2) is 54.6 Å². The van der Waals surface area contributed by atoms with Crippen molar-refractivity contribution < 1.29 is 14.3 Å². The van der Waals surface area contributed by atoms with Crippen LogP contribution < -0.4 is 10.1 Å². The lowest BCUT2D eigenvalue weighted by Crippen LogP contribution is -2.43. The highest BCUT2D eigenvalue weighted by molar-refractivity contribution is 6.06. The molecule has 5 nitrogen and oxygen atoms in total. The number of hydrogen-bond acceptors (Lipinski definition) is 3. The molecule has 2 aromatic carbocycles. The first kappa shape index (κ1) is 17.0. The number of benzene rings is 2. The van der Waals surface area contributed by atoms with Crippen LogP contribution in [0.3, 0.4) is 0 Å². The molecule has 1 unspecified atom stereocenters. The number of carbonyl (C=O) groups excluding carboxylic acids is 2. The Balaban J connectivity index is 1.75. The van der Waals surface area contributed by atoms with Gasteiger partial charge in [-0.25, -0.2) is 4.79 Å². The fourth-order valence-electron chi connectivity index (χ4n) is 2.81. The minimum absolute atomic E-state index is 0.196. The molecule has 1 fully saturated rings. The molecule has 1 heterocycles. The third kappa shape index (κ3) is 3.50. The van der Waals surface area contributed by atoms with E-state index in [0.29, 0.717) is 18.8 Å². The molecular weight excluding hydrogens is 316 g/mol. The molecule has 1 saturated heterocycles. The van der Waals surface area contributed by atoms with Crippen LogP contribution >= 0.6 is 0 Å². The lowest BCUT2D eigenvalue weighted by Gasteiger charge is -2.20. The molecule has 25 heavy (non-hydrogen) atoms. The van der Waals surface area contributed by atoms with Gasteiger partial charge in [-0.1, -0.05) is 55.5 Å². The third-order valence-electron chi connectivity index (χ3n) is 4.59. The van der Waals surface area contributed by atoms with Gasteiger partial charge in [-0.15, -0.1) is 0 Å². The molecule has 1 N–H and O–H groups in total. The van der Waals surface area contributed by atoms with Crippen LogP contribution in [0.25, 0.3) is 0 Å². The van der Waals surface area contributed by atoms with E-state index in [0.717, 1.165) is 11.1 Å². The van der Waals surface area contributed by atoms with E-state index in [-0.39, 0.29) is 18.5 Å². The van der Waals surface area contributed by atoms with E-state index in [1.54, 1.807) is 6.92 Å². The number of amides is 3. The van der Waals surface area contributed by atoms with E-state index >= 15 is 0 Å². The average molecular weight is 338 g/mol. The van der Waals surface area contributed by atoms with Crippen molar-refractivity contribution in [2.45, 2.75) is 39.0 Å². The Hall–Kier alpha value is -2.82. The Morgan fingerprint density at radius 3 is 2.40 bits per heavy atom. The average Bonchev–Trinajstić information content (AvgIpc) is 2.85. The molecule has 0 radical (unpaired) electrons. The van der Waals surface area contributed by atoms with Crippen molar-refractivity contribution >= 4 is 11.9 Å². The van der Waals surface area contributed by atoms with Crippen LogP contribution in [-0.2, 0) is 17.9 Å². The highest BCUT2D eigenvalue weighted by Crippen LogP contribution is 2.26. The number of nitrogens with zero attached hydrogens (tertiary/aromatic N) is 1. The highest BCUT2D eigenvalue weighted by Gasteiger charge is 2.46. The summed E-state index contributed by atoms with van der Waals surface area (Å²) in [5.74, 6) is 0.481. The van der Waals surface area contributed by atoms with Gasteiger partial charge in [-0.3, -0.25) is 9.69 Å². The maximum atomic E-state index is 12.6. The van der Waals surface area contributed by atoms with Crippen molar-refractivity contribution in [2.75, 3.05) is 0 Å². The largest absolute Gasteiger partial charge is 0.489 e. The Bertz CT molecular complexity index is 776. The number of imide groups is 1. The first-order valence-corrected chi connectivity index (χ1v) is 8.42. The lowest BCUT2D eigenvalue weighted by atomic mass is 9.99. The summed E-state index contributed by atoms with van der Waals surface area (Å²) in [7, 11) is 0. The minimum atomic E-state index is -0.822. The first-order chi connectivity index (χ1) is 12.0. The second-order valence-electron chi connectivity index (χ2n) is 6.39. The number of hydrogen-bond donors (Lipinski definition) is 1. The molecule has 1 aliphatic heterocycles. The SMILES string of the molecule is CCC1(C)NC(=O)N(Cc2ccccc2OCc2ccccc2)C1=O. The molecule has 0 aliphatic carbocycles. The second-order valence-corrected chi connectivity index (χ2v) is 6.39. The standard InChI is InChI=1S/C20H22N2O3/c1-3-20(2)18(23)22(19(24)21-20)13-16-11-7-8-12-17(16)25-14-15-9-5-4-6-10-15/h4-12H,3,13-14H2,1-2H3,(H,21,24). The van der Waals surface area contributed by atoms with Gasteiger partial charge in [0.25, 0.3) is 5.91 Å². The second kappa shape index (κ2) is 6.97. The Kier molecular flexibility index (Phi) is 4.74. The molecular formula is C20H22N2O3. The molecule has 0 spiro atoms. The molecule has 0 bridgehead atoms. The summed E-state index contributed by atoms with van der Waals surface area (Å²) in [5, 5.41) is 2.77. The van der Waals surface area contributed by atoms with Gasteiger partial charge in [-0.2, -0.15) is 0 Å². The van der Waals surface area contributed by atoms with Crippen LogP contribution in [0.2, 0.25) is 0 Å². The topological polar surface area (TPSA) is 58.6 Å². The first-order valence-electron chi connectivity index (χ1n) is 8.42. The Labute approximate surface area is 147 Å². The fraction of sp³-hybridized carbons (Fsp3) is 0.300. The predicted molar refractivity (Wildman–Crippen MR) is 95.0 cm³/mol. The molecule has 2 aromatic rings. The molecule has 1 atom stereocenters. The molecule has 3 rings (SSSR count). The number of urea groups is 1. The summed E-state index contributed by atoms with van der Waals surface area (Å²) >= 11 is 0. The van der Waals surface area contributed by atoms with Gasteiger partial charge in [0.05, 0.1) is 6.54 Å². The van der Waals surface area contributed by atoms with Crippen molar-refractivity contribution in [3.8, 4) is 5.75 Å². The molecule has 1 aliphatic rings. The minimum Gasteiger partial charge on any atom is -0.489 e. The molecule has 0 aromatic heterocycles. The third-order valence-corrected chi connectivity index (χ3v) is 4.59. The monoisotopic (exact) mass is 338 g/mol. The predicted octanol–water partition coefficient (Wildman–Crippen LogP) is 3.49. The number of ether oxygens (including phenoxy) is 1. The van der Waals surface area contributed by atoms with Crippen LogP contribution in [-0.4, -0.2) is 22.4 Å². The van der Waals surface area contributed by atoms with Gasteiger partial charge in [0.1, 0.15) is 17.9 Å². The highest BCUT2D eigenvalue weighted by atomic mass is 16.5. The van der Waals surface area contributed by atoms with Crippen LogP contribution in [0, 0.1) is 0 Å². The van der Waals surface area contributed by atoms with Crippen LogP contribution in [0.1, 0.15) is 31.4 Å². The summed E-state index contributed by atoms with van der Waals surface area (Å²) in [4.78, 5) is 26.0.